The first-order valence-electron chi connectivity index (χ1n) is 7.40. The predicted molar refractivity (Wildman–Crippen MR) is 85.3 cm³/mol. The fourth-order valence-corrected chi connectivity index (χ4v) is 3.34. The molecule has 0 fully saturated rings. The quantitative estimate of drug-likeness (QED) is 0.791. The number of aromatic nitrogens is 1. The van der Waals surface area contributed by atoms with Crippen molar-refractivity contribution in [1.29, 1.82) is 0 Å². The first kappa shape index (κ1) is 16.8. The van der Waals surface area contributed by atoms with Crippen LogP contribution in [0.4, 0.5) is 0 Å². The number of benzene rings is 1. The van der Waals surface area contributed by atoms with E-state index in [9.17, 15) is 13.2 Å². The topological polar surface area (TPSA) is 81.3 Å². The molecule has 0 aliphatic carbocycles. The van der Waals surface area contributed by atoms with Crippen LogP contribution in [0.25, 0.3) is 11.1 Å². The second-order valence-corrected chi connectivity index (χ2v) is 7.61. The lowest BCUT2D eigenvalue weighted by Gasteiger charge is -2.07. The molecule has 0 aliphatic rings. The molecular weight excluding hydrogens is 304 g/mol. The number of sulfonamides is 1. The van der Waals surface area contributed by atoms with Gasteiger partial charge in [-0.05, 0) is 24.5 Å². The number of unbranched alkanes of at least 4 members (excludes halogenated alkanes) is 1. The van der Waals surface area contributed by atoms with Crippen molar-refractivity contribution in [2.45, 2.75) is 38.0 Å². The first-order chi connectivity index (χ1) is 10.3. The summed E-state index contributed by atoms with van der Waals surface area (Å²) in [5, 5.41) is 0. The van der Waals surface area contributed by atoms with Crippen LogP contribution in [0.5, 0.6) is 0 Å². The average Bonchev–Trinajstić information content (AvgIpc) is 2.73. The summed E-state index contributed by atoms with van der Waals surface area (Å²) in [6.45, 7) is 4.70. The normalized spacial score (nSPS) is 12.4. The van der Waals surface area contributed by atoms with Crippen LogP contribution in [0.15, 0.2) is 32.3 Å². The van der Waals surface area contributed by atoms with Crippen LogP contribution in [0.2, 0.25) is 0 Å². The van der Waals surface area contributed by atoms with Gasteiger partial charge in [-0.15, -0.1) is 0 Å². The molecule has 0 radical (unpaired) electrons. The molecule has 0 atom stereocenters. The van der Waals surface area contributed by atoms with Crippen LogP contribution in [-0.2, 0) is 17.1 Å². The van der Waals surface area contributed by atoms with Gasteiger partial charge in [0.25, 0.3) is 0 Å². The fraction of sp³-hybridized carbons (Fsp3) is 0.533. The smallest absolute Gasteiger partial charge is 0.408 e. The van der Waals surface area contributed by atoms with Gasteiger partial charge in [0, 0.05) is 19.7 Å². The van der Waals surface area contributed by atoms with Gasteiger partial charge in [0.15, 0.2) is 5.58 Å². The van der Waals surface area contributed by atoms with E-state index in [4.69, 9.17) is 4.42 Å². The Kier molecular flexibility index (Phi) is 5.08. The minimum atomic E-state index is -3.58. The van der Waals surface area contributed by atoms with E-state index in [1.54, 1.807) is 13.1 Å². The lowest BCUT2D eigenvalue weighted by Crippen LogP contribution is -2.24. The number of aryl methyl sites for hydroxylation is 1. The lowest BCUT2D eigenvalue weighted by atomic mass is 10.1. The Hall–Kier alpha value is -1.60. The average molecular weight is 326 g/mol. The molecule has 0 saturated heterocycles. The van der Waals surface area contributed by atoms with Crippen molar-refractivity contribution in [2.75, 3.05) is 6.54 Å². The number of rotatable bonds is 7. The number of hydrogen-bond donors (Lipinski definition) is 1. The van der Waals surface area contributed by atoms with Crippen molar-refractivity contribution < 1.29 is 12.8 Å². The zero-order chi connectivity index (χ0) is 16.3. The molecule has 0 spiro atoms. The van der Waals surface area contributed by atoms with Crippen molar-refractivity contribution in [1.82, 2.24) is 9.29 Å². The monoisotopic (exact) mass is 326 g/mol. The van der Waals surface area contributed by atoms with Gasteiger partial charge in [0.2, 0.25) is 10.0 Å². The van der Waals surface area contributed by atoms with Crippen LogP contribution in [0.3, 0.4) is 0 Å². The number of fused-ring (bicyclic) bond motifs is 1. The molecule has 1 heterocycles. The summed E-state index contributed by atoms with van der Waals surface area (Å²) < 4.78 is 33.4. The third-order valence-electron chi connectivity index (χ3n) is 3.57. The number of oxazole rings is 1. The molecule has 7 heteroatoms. The highest BCUT2D eigenvalue weighted by Gasteiger charge is 2.16. The van der Waals surface area contributed by atoms with E-state index in [1.807, 2.05) is 0 Å². The molecule has 0 unspecified atom stereocenters. The van der Waals surface area contributed by atoms with Crippen molar-refractivity contribution >= 4 is 21.1 Å². The Morgan fingerprint density at radius 1 is 1.27 bits per heavy atom. The van der Waals surface area contributed by atoms with Crippen LogP contribution in [0.1, 0.15) is 33.1 Å². The van der Waals surface area contributed by atoms with Gasteiger partial charge in [-0.1, -0.05) is 26.7 Å². The van der Waals surface area contributed by atoms with E-state index < -0.39 is 15.8 Å². The summed E-state index contributed by atoms with van der Waals surface area (Å²) in [5.41, 5.74) is 0.844. The Balaban J connectivity index is 2.07. The number of nitrogens with one attached hydrogen (secondary N) is 1. The van der Waals surface area contributed by atoms with Crippen LogP contribution >= 0.6 is 0 Å². The Morgan fingerprint density at radius 2 is 2.00 bits per heavy atom. The maximum Gasteiger partial charge on any atom is 0.419 e. The highest BCUT2D eigenvalue weighted by Crippen LogP contribution is 2.18. The van der Waals surface area contributed by atoms with E-state index >= 15 is 0 Å². The van der Waals surface area contributed by atoms with E-state index in [0.29, 0.717) is 18.0 Å². The Labute approximate surface area is 130 Å². The van der Waals surface area contributed by atoms with Crippen LogP contribution in [-0.4, -0.2) is 19.5 Å². The third kappa shape index (κ3) is 3.78. The van der Waals surface area contributed by atoms with Crippen molar-refractivity contribution in [3.63, 3.8) is 0 Å². The molecule has 2 aromatic rings. The molecule has 0 saturated carbocycles. The Bertz CT molecular complexity index is 803. The van der Waals surface area contributed by atoms with Gasteiger partial charge >= 0.3 is 5.76 Å². The predicted octanol–water partition coefficient (Wildman–Crippen LogP) is 2.24. The largest absolute Gasteiger partial charge is 0.419 e. The van der Waals surface area contributed by atoms with Gasteiger partial charge < -0.3 is 4.42 Å². The minimum Gasteiger partial charge on any atom is -0.408 e. The summed E-state index contributed by atoms with van der Waals surface area (Å²) in [6.07, 6.45) is 2.88. The lowest BCUT2D eigenvalue weighted by molar-refractivity contribution is 0.526. The molecule has 0 amide bonds. The molecule has 0 bridgehead atoms. The van der Waals surface area contributed by atoms with Crippen molar-refractivity contribution in [2.24, 2.45) is 13.0 Å². The van der Waals surface area contributed by atoms with Crippen LogP contribution in [0, 0.1) is 5.92 Å². The molecule has 2 rings (SSSR count). The van der Waals surface area contributed by atoms with Crippen LogP contribution < -0.4 is 10.5 Å². The van der Waals surface area contributed by atoms with Gasteiger partial charge in [-0.2, -0.15) is 0 Å². The summed E-state index contributed by atoms with van der Waals surface area (Å²) in [7, 11) is -2.00. The molecule has 1 aromatic carbocycles. The summed E-state index contributed by atoms with van der Waals surface area (Å²) in [5.74, 6) is 0.117. The maximum absolute atomic E-state index is 12.2. The summed E-state index contributed by atoms with van der Waals surface area (Å²) >= 11 is 0. The number of nitrogens with zero attached hydrogens (tertiary/aromatic N) is 1. The molecule has 1 aromatic heterocycles. The SMILES string of the molecule is CC(C)CCCCNS(=O)(=O)c1ccc2c(c1)oc(=O)n2C. The molecule has 122 valence electrons. The van der Waals surface area contributed by atoms with Gasteiger partial charge in [0.05, 0.1) is 10.4 Å². The van der Waals surface area contributed by atoms with E-state index in [0.717, 1.165) is 19.3 Å². The summed E-state index contributed by atoms with van der Waals surface area (Å²) in [6, 6.07) is 4.44. The minimum absolute atomic E-state index is 0.109. The van der Waals surface area contributed by atoms with Gasteiger partial charge in [0.1, 0.15) is 0 Å². The van der Waals surface area contributed by atoms with Gasteiger partial charge in [-0.25, -0.2) is 17.9 Å². The van der Waals surface area contributed by atoms with Crippen molar-refractivity contribution in [3.8, 4) is 0 Å². The van der Waals surface area contributed by atoms with E-state index in [2.05, 4.69) is 18.6 Å². The van der Waals surface area contributed by atoms with Crippen molar-refractivity contribution in [3.05, 3.63) is 28.7 Å². The zero-order valence-corrected chi connectivity index (χ0v) is 13.9. The van der Waals surface area contributed by atoms with E-state index in [-0.39, 0.29) is 10.5 Å². The van der Waals surface area contributed by atoms with E-state index in [1.165, 1.54) is 16.7 Å². The molecule has 6 nitrogen and oxygen atoms in total. The second-order valence-electron chi connectivity index (χ2n) is 5.84. The third-order valence-corrected chi connectivity index (χ3v) is 5.03. The first-order valence-corrected chi connectivity index (χ1v) is 8.89. The molecule has 22 heavy (non-hydrogen) atoms. The molecule has 0 aliphatic heterocycles. The maximum atomic E-state index is 12.2. The fourth-order valence-electron chi connectivity index (χ4n) is 2.25. The standard InChI is InChI=1S/C15H22N2O4S/c1-11(2)6-4-5-9-16-22(19,20)12-7-8-13-14(10-12)21-15(18)17(13)3/h7-8,10-11,16H,4-6,9H2,1-3H3. The highest BCUT2D eigenvalue weighted by molar-refractivity contribution is 7.89. The van der Waals surface area contributed by atoms with Gasteiger partial charge in [-0.3, -0.25) is 4.57 Å². The molecule has 1 N–H and O–H groups in total. The second kappa shape index (κ2) is 6.66. The number of hydrogen-bond acceptors (Lipinski definition) is 4. The molecular formula is C15H22N2O4S. The summed E-state index contributed by atoms with van der Waals surface area (Å²) in [4.78, 5) is 11.5. The zero-order valence-electron chi connectivity index (χ0n) is 13.1. The Morgan fingerprint density at radius 3 is 2.68 bits per heavy atom. The highest BCUT2D eigenvalue weighted by atomic mass is 32.2.